The minimum atomic E-state index is -4.76. The topological polar surface area (TPSA) is 38.8 Å². The summed E-state index contributed by atoms with van der Waals surface area (Å²) in [6.45, 7) is 2.09. The van der Waals surface area contributed by atoms with Crippen molar-refractivity contribution in [3.05, 3.63) is 65.5 Å². The smallest absolute Gasteiger partial charge is 0.406 e. The number of hydrogen-bond donors (Lipinski definition) is 0. The van der Waals surface area contributed by atoms with E-state index in [0.29, 0.717) is 37.8 Å². The molecule has 29 heavy (non-hydrogen) atoms. The lowest BCUT2D eigenvalue weighted by molar-refractivity contribution is -0.274. The minimum absolute atomic E-state index is 0.214. The van der Waals surface area contributed by atoms with E-state index in [1.54, 1.807) is 17.0 Å². The summed E-state index contributed by atoms with van der Waals surface area (Å²) < 4.78 is 59.0. The standard InChI is InChI=1S/C21H21F4NO3/c22-18-5-1-15(2-6-18)13-28-14-16-9-11-26(12-10-16)20(27)17-3-7-19(8-4-17)29-21(23,24)25/h1-8,16H,9-14H2. The largest absolute Gasteiger partial charge is 0.573 e. The van der Waals surface area contributed by atoms with Gasteiger partial charge in [-0.15, -0.1) is 13.2 Å². The number of halogens is 4. The fourth-order valence-corrected chi connectivity index (χ4v) is 3.21. The summed E-state index contributed by atoms with van der Waals surface area (Å²) in [6.07, 6.45) is -3.19. The number of amides is 1. The van der Waals surface area contributed by atoms with Crippen LogP contribution < -0.4 is 4.74 Å². The van der Waals surface area contributed by atoms with E-state index in [2.05, 4.69) is 4.74 Å². The average Bonchev–Trinajstić information content (AvgIpc) is 2.69. The molecule has 0 saturated carbocycles. The van der Waals surface area contributed by atoms with Crippen LogP contribution in [0.3, 0.4) is 0 Å². The van der Waals surface area contributed by atoms with Gasteiger partial charge in [0.15, 0.2) is 0 Å². The normalized spacial score (nSPS) is 15.4. The summed E-state index contributed by atoms with van der Waals surface area (Å²) in [5, 5.41) is 0. The van der Waals surface area contributed by atoms with Gasteiger partial charge >= 0.3 is 6.36 Å². The van der Waals surface area contributed by atoms with Gasteiger partial charge in [-0.25, -0.2) is 4.39 Å². The van der Waals surface area contributed by atoms with Gasteiger partial charge in [-0.1, -0.05) is 12.1 Å². The number of hydrogen-bond acceptors (Lipinski definition) is 3. The van der Waals surface area contributed by atoms with Gasteiger partial charge in [0.05, 0.1) is 6.61 Å². The van der Waals surface area contributed by atoms with E-state index in [-0.39, 0.29) is 17.5 Å². The van der Waals surface area contributed by atoms with Crippen molar-refractivity contribution in [1.29, 1.82) is 0 Å². The molecule has 1 fully saturated rings. The van der Waals surface area contributed by atoms with Gasteiger partial charge in [-0.3, -0.25) is 4.79 Å². The highest BCUT2D eigenvalue weighted by Gasteiger charge is 2.31. The van der Waals surface area contributed by atoms with Crippen LogP contribution in [0.4, 0.5) is 17.6 Å². The number of piperidine rings is 1. The Morgan fingerprint density at radius 2 is 1.62 bits per heavy atom. The summed E-state index contributed by atoms with van der Waals surface area (Å²) in [6, 6.07) is 11.1. The summed E-state index contributed by atoms with van der Waals surface area (Å²) in [5.74, 6) is -0.532. The summed E-state index contributed by atoms with van der Waals surface area (Å²) >= 11 is 0. The molecule has 1 amide bonds. The Hall–Kier alpha value is -2.61. The Balaban J connectivity index is 1.42. The molecule has 4 nitrogen and oxygen atoms in total. The Morgan fingerprint density at radius 3 is 2.21 bits per heavy atom. The molecule has 1 aliphatic heterocycles. The van der Waals surface area contributed by atoms with E-state index in [4.69, 9.17) is 4.74 Å². The van der Waals surface area contributed by atoms with E-state index in [1.165, 1.54) is 24.3 Å². The van der Waals surface area contributed by atoms with Crippen molar-refractivity contribution in [2.24, 2.45) is 5.92 Å². The van der Waals surface area contributed by atoms with Crippen molar-refractivity contribution in [3.63, 3.8) is 0 Å². The third-order valence-electron chi connectivity index (χ3n) is 4.77. The zero-order valence-corrected chi connectivity index (χ0v) is 15.6. The first-order valence-electron chi connectivity index (χ1n) is 9.27. The maximum absolute atomic E-state index is 12.9. The molecular formula is C21H21F4NO3. The molecule has 0 aliphatic carbocycles. The summed E-state index contributed by atoms with van der Waals surface area (Å²) in [4.78, 5) is 14.2. The van der Waals surface area contributed by atoms with Crippen LogP contribution >= 0.6 is 0 Å². The van der Waals surface area contributed by atoms with Crippen molar-refractivity contribution < 1.29 is 31.8 Å². The number of carbonyl (C=O) groups is 1. The predicted octanol–water partition coefficient (Wildman–Crippen LogP) is 4.79. The molecule has 0 N–H and O–H groups in total. The van der Waals surface area contributed by atoms with Crippen molar-refractivity contribution in [2.45, 2.75) is 25.8 Å². The van der Waals surface area contributed by atoms with Gasteiger partial charge in [0, 0.05) is 25.3 Å². The van der Waals surface area contributed by atoms with E-state index < -0.39 is 6.36 Å². The molecule has 2 aromatic carbocycles. The summed E-state index contributed by atoms with van der Waals surface area (Å²) in [7, 11) is 0. The maximum atomic E-state index is 12.9. The molecule has 0 atom stereocenters. The maximum Gasteiger partial charge on any atom is 0.573 e. The van der Waals surface area contributed by atoms with E-state index in [0.717, 1.165) is 30.5 Å². The SMILES string of the molecule is O=C(c1ccc(OC(F)(F)F)cc1)N1CCC(COCc2ccc(F)cc2)CC1. The Morgan fingerprint density at radius 1 is 1.00 bits per heavy atom. The number of likely N-dealkylation sites (tertiary alicyclic amines) is 1. The van der Waals surface area contributed by atoms with Crippen LogP contribution in [0.25, 0.3) is 0 Å². The second kappa shape index (κ2) is 9.26. The molecule has 1 heterocycles. The molecule has 0 unspecified atom stereocenters. The zero-order valence-electron chi connectivity index (χ0n) is 15.6. The molecule has 0 aromatic heterocycles. The molecule has 3 rings (SSSR count). The van der Waals surface area contributed by atoms with Gasteiger partial charge < -0.3 is 14.4 Å². The predicted molar refractivity (Wildman–Crippen MR) is 97.8 cm³/mol. The number of benzene rings is 2. The Bertz CT molecular complexity index is 798. The monoisotopic (exact) mass is 411 g/mol. The molecule has 1 saturated heterocycles. The molecule has 0 spiro atoms. The first kappa shape index (κ1) is 21.1. The first-order chi connectivity index (χ1) is 13.8. The van der Waals surface area contributed by atoms with Crippen molar-refractivity contribution in [3.8, 4) is 5.75 Å². The fraction of sp³-hybridized carbons (Fsp3) is 0.381. The Kier molecular flexibility index (Phi) is 6.74. The number of alkyl halides is 3. The van der Waals surface area contributed by atoms with Crippen molar-refractivity contribution in [2.75, 3.05) is 19.7 Å². The fourth-order valence-electron chi connectivity index (χ4n) is 3.21. The quantitative estimate of drug-likeness (QED) is 0.642. The number of carbonyl (C=O) groups excluding carboxylic acids is 1. The summed E-state index contributed by atoms with van der Waals surface area (Å²) in [5.41, 5.74) is 1.22. The highest BCUT2D eigenvalue weighted by Crippen LogP contribution is 2.24. The van der Waals surface area contributed by atoms with Crippen LogP contribution in [0.5, 0.6) is 5.75 Å². The van der Waals surface area contributed by atoms with Crippen LogP contribution in [0.1, 0.15) is 28.8 Å². The van der Waals surface area contributed by atoms with Crippen LogP contribution in [0.2, 0.25) is 0 Å². The second-order valence-corrected chi connectivity index (χ2v) is 6.95. The van der Waals surface area contributed by atoms with E-state index in [1.807, 2.05) is 0 Å². The van der Waals surface area contributed by atoms with Crippen LogP contribution in [0, 0.1) is 11.7 Å². The van der Waals surface area contributed by atoms with E-state index in [9.17, 15) is 22.4 Å². The van der Waals surface area contributed by atoms with Crippen molar-refractivity contribution in [1.82, 2.24) is 4.90 Å². The lowest BCUT2D eigenvalue weighted by Crippen LogP contribution is -2.39. The van der Waals surface area contributed by atoms with E-state index >= 15 is 0 Å². The first-order valence-corrected chi connectivity index (χ1v) is 9.27. The number of nitrogens with zero attached hydrogens (tertiary/aromatic N) is 1. The lowest BCUT2D eigenvalue weighted by Gasteiger charge is -2.32. The molecule has 156 valence electrons. The van der Waals surface area contributed by atoms with Gasteiger partial charge in [-0.2, -0.15) is 0 Å². The minimum Gasteiger partial charge on any atom is -0.406 e. The molecule has 0 radical (unpaired) electrons. The third-order valence-corrected chi connectivity index (χ3v) is 4.77. The van der Waals surface area contributed by atoms with Crippen LogP contribution in [-0.2, 0) is 11.3 Å². The Labute approximate surface area is 166 Å². The molecule has 1 aliphatic rings. The average molecular weight is 411 g/mol. The van der Waals surface area contributed by atoms with Gasteiger partial charge in [0.25, 0.3) is 5.91 Å². The van der Waals surface area contributed by atoms with Gasteiger partial charge in [-0.05, 0) is 60.7 Å². The lowest BCUT2D eigenvalue weighted by atomic mass is 9.97. The van der Waals surface area contributed by atoms with Crippen LogP contribution in [0.15, 0.2) is 48.5 Å². The van der Waals surface area contributed by atoms with Gasteiger partial charge in [0.2, 0.25) is 0 Å². The highest BCUT2D eigenvalue weighted by atomic mass is 19.4. The second-order valence-electron chi connectivity index (χ2n) is 6.95. The zero-order chi connectivity index (χ0) is 20.9. The molecule has 0 bridgehead atoms. The third kappa shape index (κ3) is 6.45. The van der Waals surface area contributed by atoms with Crippen LogP contribution in [-0.4, -0.2) is 36.9 Å². The van der Waals surface area contributed by atoms with Gasteiger partial charge in [0.1, 0.15) is 11.6 Å². The molecule has 2 aromatic rings. The van der Waals surface area contributed by atoms with Crippen molar-refractivity contribution >= 4 is 5.91 Å². The molecule has 8 heteroatoms. The highest BCUT2D eigenvalue weighted by molar-refractivity contribution is 5.94. The molecular weight excluding hydrogens is 390 g/mol. The number of ether oxygens (including phenoxy) is 2. The number of rotatable bonds is 6.